The Labute approximate surface area is 126 Å². The van der Waals surface area contributed by atoms with Crippen molar-refractivity contribution in [1.82, 2.24) is 10.3 Å². The number of nitrogens with one attached hydrogen (secondary N) is 1. The van der Waals surface area contributed by atoms with Crippen LogP contribution in [0.2, 0.25) is 5.02 Å². The van der Waals surface area contributed by atoms with E-state index in [0.29, 0.717) is 0 Å². The molecule has 1 saturated heterocycles. The number of anilines is 1. The highest BCUT2D eigenvalue weighted by atomic mass is 35.5. The van der Waals surface area contributed by atoms with E-state index in [1.807, 2.05) is 0 Å². The second-order valence-corrected chi connectivity index (χ2v) is 6.25. The normalized spacial score (nSPS) is 18.3. The fourth-order valence-electron chi connectivity index (χ4n) is 2.39. The standard InChI is InChI=1S/C15H24ClN3O/c1-4-5-17-9-12-8-14(18-10-13(12)16)19-6-7-20-15(2,3)11-19/h8,10,17H,4-7,9,11H2,1-3H3. The van der Waals surface area contributed by atoms with Crippen LogP contribution in [-0.4, -0.2) is 36.8 Å². The lowest BCUT2D eigenvalue weighted by Gasteiger charge is -2.38. The molecule has 1 fully saturated rings. The zero-order chi connectivity index (χ0) is 14.6. The third-order valence-corrected chi connectivity index (χ3v) is 3.75. The van der Waals surface area contributed by atoms with Crippen LogP contribution in [0.15, 0.2) is 12.3 Å². The monoisotopic (exact) mass is 297 g/mol. The van der Waals surface area contributed by atoms with Gasteiger partial charge in [0.05, 0.1) is 17.2 Å². The molecule has 112 valence electrons. The third kappa shape index (κ3) is 4.08. The van der Waals surface area contributed by atoms with E-state index in [9.17, 15) is 0 Å². The number of ether oxygens (including phenoxy) is 1. The van der Waals surface area contributed by atoms with Gasteiger partial charge in [-0.15, -0.1) is 0 Å². The SMILES string of the molecule is CCCNCc1cc(N2CCOC(C)(C)C2)ncc1Cl. The van der Waals surface area contributed by atoms with E-state index >= 15 is 0 Å². The molecule has 2 heterocycles. The Morgan fingerprint density at radius 3 is 3.00 bits per heavy atom. The topological polar surface area (TPSA) is 37.4 Å². The van der Waals surface area contributed by atoms with Crippen LogP contribution >= 0.6 is 11.6 Å². The number of morpholine rings is 1. The molecule has 2 rings (SSSR count). The molecular formula is C15H24ClN3O. The zero-order valence-electron chi connectivity index (χ0n) is 12.6. The first-order chi connectivity index (χ1) is 9.52. The van der Waals surface area contributed by atoms with Crippen LogP contribution in [-0.2, 0) is 11.3 Å². The molecule has 0 amide bonds. The molecule has 0 spiro atoms. The highest BCUT2D eigenvalue weighted by molar-refractivity contribution is 6.31. The molecule has 1 N–H and O–H groups in total. The number of halogens is 1. The van der Waals surface area contributed by atoms with Crippen LogP contribution in [0.25, 0.3) is 0 Å². The van der Waals surface area contributed by atoms with E-state index in [2.05, 4.69) is 42.0 Å². The van der Waals surface area contributed by atoms with Gasteiger partial charge in [0.15, 0.2) is 0 Å². The van der Waals surface area contributed by atoms with E-state index in [4.69, 9.17) is 16.3 Å². The summed E-state index contributed by atoms with van der Waals surface area (Å²) in [6.45, 7) is 10.6. The second kappa shape index (κ2) is 6.74. The molecule has 4 nitrogen and oxygen atoms in total. The summed E-state index contributed by atoms with van der Waals surface area (Å²) in [5, 5.41) is 4.11. The van der Waals surface area contributed by atoms with E-state index in [-0.39, 0.29) is 5.60 Å². The summed E-state index contributed by atoms with van der Waals surface area (Å²) in [5.74, 6) is 0.985. The predicted octanol–water partition coefficient (Wildman–Crippen LogP) is 2.85. The zero-order valence-corrected chi connectivity index (χ0v) is 13.3. The molecular weight excluding hydrogens is 274 g/mol. The minimum atomic E-state index is -0.125. The molecule has 0 bridgehead atoms. The Hall–Kier alpha value is -0.840. The van der Waals surface area contributed by atoms with Crippen molar-refractivity contribution in [2.75, 3.05) is 31.1 Å². The number of hydrogen-bond donors (Lipinski definition) is 1. The summed E-state index contributed by atoms with van der Waals surface area (Å²) >= 11 is 6.22. The third-order valence-electron chi connectivity index (χ3n) is 3.41. The number of aromatic nitrogens is 1. The lowest BCUT2D eigenvalue weighted by molar-refractivity contribution is -0.0279. The number of rotatable bonds is 5. The van der Waals surface area contributed by atoms with Crippen molar-refractivity contribution in [3.63, 3.8) is 0 Å². The molecule has 0 saturated carbocycles. The van der Waals surface area contributed by atoms with Gasteiger partial charge >= 0.3 is 0 Å². The minimum Gasteiger partial charge on any atom is -0.372 e. The fourth-order valence-corrected chi connectivity index (χ4v) is 2.56. The molecule has 0 radical (unpaired) electrons. The fraction of sp³-hybridized carbons (Fsp3) is 0.667. The summed E-state index contributed by atoms with van der Waals surface area (Å²) in [7, 11) is 0. The summed E-state index contributed by atoms with van der Waals surface area (Å²) in [6, 6.07) is 2.09. The van der Waals surface area contributed by atoms with Gasteiger partial charge in [-0.2, -0.15) is 0 Å². The summed E-state index contributed by atoms with van der Waals surface area (Å²) in [5.41, 5.74) is 0.981. The number of hydrogen-bond acceptors (Lipinski definition) is 4. The molecule has 0 atom stereocenters. The van der Waals surface area contributed by atoms with Crippen molar-refractivity contribution in [3.05, 3.63) is 22.8 Å². The molecule has 1 aliphatic heterocycles. The van der Waals surface area contributed by atoms with Crippen molar-refractivity contribution in [1.29, 1.82) is 0 Å². The van der Waals surface area contributed by atoms with Crippen LogP contribution < -0.4 is 10.2 Å². The highest BCUT2D eigenvalue weighted by Crippen LogP contribution is 2.24. The van der Waals surface area contributed by atoms with E-state index < -0.39 is 0 Å². The average Bonchev–Trinajstić information content (AvgIpc) is 2.40. The first kappa shape index (κ1) is 15.5. The van der Waals surface area contributed by atoms with E-state index in [0.717, 1.165) is 55.6 Å². The van der Waals surface area contributed by atoms with Crippen LogP contribution in [0.5, 0.6) is 0 Å². The van der Waals surface area contributed by atoms with Crippen LogP contribution in [0.4, 0.5) is 5.82 Å². The summed E-state index contributed by atoms with van der Waals surface area (Å²) < 4.78 is 5.74. The molecule has 20 heavy (non-hydrogen) atoms. The minimum absolute atomic E-state index is 0.125. The van der Waals surface area contributed by atoms with E-state index in [1.54, 1.807) is 6.20 Å². The second-order valence-electron chi connectivity index (χ2n) is 5.84. The number of nitrogens with zero attached hydrogens (tertiary/aromatic N) is 2. The van der Waals surface area contributed by atoms with E-state index in [1.165, 1.54) is 0 Å². The molecule has 0 aromatic carbocycles. The molecule has 1 aromatic heterocycles. The van der Waals surface area contributed by atoms with Crippen molar-refractivity contribution in [2.45, 2.75) is 39.3 Å². The van der Waals surface area contributed by atoms with Crippen molar-refractivity contribution in [2.24, 2.45) is 0 Å². The van der Waals surface area contributed by atoms with Crippen LogP contribution in [0, 0.1) is 0 Å². The highest BCUT2D eigenvalue weighted by Gasteiger charge is 2.28. The van der Waals surface area contributed by atoms with Gasteiger partial charge in [0, 0.05) is 25.8 Å². The molecule has 1 aliphatic rings. The predicted molar refractivity (Wildman–Crippen MR) is 83.5 cm³/mol. The Morgan fingerprint density at radius 2 is 2.30 bits per heavy atom. The summed E-state index contributed by atoms with van der Waals surface area (Å²) in [6.07, 6.45) is 2.87. The van der Waals surface area contributed by atoms with Gasteiger partial charge in [0.2, 0.25) is 0 Å². The lowest BCUT2D eigenvalue weighted by Crippen LogP contribution is -2.48. The van der Waals surface area contributed by atoms with Gasteiger partial charge in [-0.25, -0.2) is 4.98 Å². The van der Waals surface area contributed by atoms with Gasteiger partial charge in [0.25, 0.3) is 0 Å². The Balaban J connectivity index is 2.10. The molecule has 1 aromatic rings. The Kier molecular flexibility index (Phi) is 5.24. The van der Waals surface area contributed by atoms with Gasteiger partial charge in [-0.3, -0.25) is 0 Å². The maximum absolute atomic E-state index is 6.22. The van der Waals surface area contributed by atoms with Crippen molar-refractivity contribution in [3.8, 4) is 0 Å². The first-order valence-corrected chi connectivity index (χ1v) is 7.63. The Bertz CT molecular complexity index is 451. The van der Waals surface area contributed by atoms with Gasteiger partial charge < -0.3 is 15.0 Å². The van der Waals surface area contributed by atoms with Gasteiger partial charge in [0.1, 0.15) is 5.82 Å². The van der Waals surface area contributed by atoms with Crippen LogP contribution in [0.1, 0.15) is 32.8 Å². The first-order valence-electron chi connectivity index (χ1n) is 7.26. The summed E-state index contributed by atoms with van der Waals surface area (Å²) in [4.78, 5) is 6.73. The van der Waals surface area contributed by atoms with Crippen LogP contribution in [0.3, 0.4) is 0 Å². The largest absolute Gasteiger partial charge is 0.372 e. The molecule has 5 heteroatoms. The Morgan fingerprint density at radius 1 is 1.50 bits per heavy atom. The number of pyridine rings is 1. The van der Waals surface area contributed by atoms with Gasteiger partial charge in [-0.05, 0) is 38.4 Å². The van der Waals surface area contributed by atoms with Crippen molar-refractivity contribution >= 4 is 17.4 Å². The maximum Gasteiger partial charge on any atom is 0.129 e. The molecule has 0 unspecified atom stereocenters. The maximum atomic E-state index is 6.22. The molecule has 0 aliphatic carbocycles. The van der Waals surface area contributed by atoms with Gasteiger partial charge in [-0.1, -0.05) is 18.5 Å². The van der Waals surface area contributed by atoms with Crippen molar-refractivity contribution < 1.29 is 4.74 Å². The lowest BCUT2D eigenvalue weighted by atomic mass is 10.1. The smallest absolute Gasteiger partial charge is 0.129 e. The quantitative estimate of drug-likeness (QED) is 0.848. The average molecular weight is 298 g/mol.